The summed E-state index contributed by atoms with van der Waals surface area (Å²) < 4.78 is 33.5. The van der Waals surface area contributed by atoms with Gasteiger partial charge in [-0.3, -0.25) is 10.1 Å². The summed E-state index contributed by atoms with van der Waals surface area (Å²) in [6.45, 7) is 0. The van der Waals surface area contributed by atoms with Gasteiger partial charge in [-0.15, -0.1) is 10.2 Å². The number of hydrogen-bond donors (Lipinski definition) is 3. The molecule has 0 saturated heterocycles. The van der Waals surface area contributed by atoms with Crippen LogP contribution in [0.1, 0.15) is 0 Å². The van der Waals surface area contributed by atoms with E-state index in [1.54, 1.807) is 0 Å². The van der Waals surface area contributed by atoms with E-state index in [2.05, 4.69) is 10.2 Å². The third kappa shape index (κ3) is 3.54. The normalized spacial score (nSPS) is 11.9. The van der Waals surface area contributed by atoms with Gasteiger partial charge in [0.25, 0.3) is 5.69 Å². The molecule has 0 spiro atoms. The number of benzene rings is 3. The summed E-state index contributed by atoms with van der Waals surface area (Å²) in [6, 6.07) is 7.90. The van der Waals surface area contributed by atoms with Gasteiger partial charge in [-0.05, 0) is 23.6 Å². The summed E-state index contributed by atoms with van der Waals surface area (Å²) in [5.74, 6) is -0.860. The number of nitro benzene ring substituents is 1. The van der Waals surface area contributed by atoms with Crippen molar-refractivity contribution >= 4 is 43.6 Å². The predicted octanol–water partition coefficient (Wildman–Crippen LogP) is 3.06. The Morgan fingerprint density at radius 1 is 1.04 bits per heavy atom. The second-order valence-corrected chi connectivity index (χ2v) is 7.01. The highest BCUT2D eigenvalue weighted by atomic mass is 32.2. The number of non-ortho nitro benzene ring substituents is 1. The zero-order chi connectivity index (χ0) is 20.6. The quantitative estimate of drug-likeness (QED) is 0.148. The topological polar surface area (TPSA) is 192 Å². The van der Waals surface area contributed by atoms with Crippen molar-refractivity contribution in [3.8, 4) is 11.5 Å². The SMILES string of the molecule is Nc1cc([N+](=O)[O-])cc(N=Nc2c(O)ccc3cc(S(=O)(=O)[O-])ccc23)c1O. The molecule has 0 fully saturated rings. The lowest BCUT2D eigenvalue weighted by atomic mass is 10.1. The first kappa shape index (κ1) is 19.0. The van der Waals surface area contributed by atoms with Gasteiger partial charge in [0.05, 0.1) is 15.5 Å². The molecule has 0 aliphatic heterocycles. The summed E-state index contributed by atoms with van der Waals surface area (Å²) in [6.07, 6.45) is 0. The Morgan fingerprint density at radius 3 is 2.39 bits per heavy atom. The molecule has 0 heterocycles. The van der Waals surface area contributed by atoms with E-state index in [0.717, 1.165) is 24.3 Å². The van der Waals surface area contributed by atoms with Crippen molar-refractivity contribution in [3.05, 3.63) is 52.6 Å². The largest absolute Gasteiger partial charge is 0.744 e. The minimum Gasteiger partial charge on any atom is -0.744 e. The van der Waals surface area contributed by atoms with E-state index in [9.17, 15) is 33.3 Å². The van der Waals surface area contributed by atoms with Gasteiger partial charge in [-0.2, -0.15) is 0 Å². The van der Waals surface area contributed by atoms with Crippen LogP contribution in [0, 0.1) is 10.1 Å². The van der Waals surface area contributed by atoms with E-state index in [1.807, 2.05) is 0 Å². The minimum absolute atomic E-state index is 0.100. The van der Waals surface area contributed by atoms with Gasteiger partial charge >= 0.3 is 0 Å². The van der Waals surface area contributed by atoms with Crippen LogP contribution in [0.15, 0.2) is 57.6 Å². The Bertz CT molecular complexity index is 1260. The molecule has 3 rings (SSSR count). The van der Waals surface area contributed by atoms with Gasteiger partial charge in [-0.25, -0.2) is 8.42 Å². The van der Waals surface area contributed by atoms with Crippen LogP contribution >= 0.6 is 0 Å². The van der Waals surface area contributed by atoms with Gasteiger partial charge in [0, 0.05) is 17.5 Å². The molecule has 4 N–H and O–H groups in total. The van der Waals surface area contributed by atoms with Gasteiger partial charge in [0.15, 0.2) is 5.75 Å². The molecular formula is C16H11N4O7S-. The van der Waals surface area contributed by atoms with Crippen LogP contribution in [0.4, 0.5) is 22.7 Å². The van der Waals surface area contributed by atoms with Crippen molar-refractivity contribution in [2.45, 2.75) is 4.90 Å². The molecule has 0 aliphatic rings. The smallest absolute Gasteiger partial charge is 0.274 e. The Morgan fingerprint density at radius 2 is 1.75 bits per heavy atom. The Balaban J connectivity index is 2.15. The highest BCUT2D eigenvalue weighted by Gasteiger charge is 2.15. The number of anilines is 1. The molecule has 0 atom stereocenters. The summed E-state index contributed by atoms with van der Waals surface area (Å²) in [4.78, 5) is 9.73. The molecule has 0 aromatic heterocycles. The van der Waals surface area contributed by atoms with Crippen LogP contribution in [-0.2, 0) is 10.1 Å². The van der Waals surface area contributed by atoms with Crippen molar-refractivity contribution in [2.24, 2.45) is 10.2 Å². The number of aromatic hydroxyl groups is 2. The maximum atomic E-state index is 11.2. The number of nitro groups is 1. The fraction of sp³-hybridized carbons (Fsp3) is 0. The number of phenolic OH excluding ortho intramolecular Hbond substituents is 2. The van der Waals surface area contributed by atoms with Crippen LogP contribution in [0.3, 0.4) is 0 Å². The van der Waals surface area contributed by atoms with Gasteiger partial charge in [-0.1, -0.05) is 12.1 Å². The zero-order valence-electron chi connectivity index (χ0n) is 13.8. The standard InChI is InChI=1S/C16H12N4O7S/c17-12-6-9(20(23)24)7-13(16(12)22)18-19-15-11-3-2-10(28(25,26)27)5-8(11)1-4-14(15)21/h1-7,21-22H,17H2,(H,25,26,27)/p-1. The number of hydrogen-bond acceptors (Lipinski definition) is 10. The number of rotatable bonds is 4. The third-order valence-electron chi connectivity index (χ3n) is 3.80. The monoisotopic (exact) mass is 403 g/mol. The first-order chi connectivity index (χ1) is 13.1. The van der Waals surface area contributed by atoms with E-state index >= 15 is 0 Å². The van der Waals surface area contributed by atoms with Crippen molar-refractivity contribution in [3.63, 3.8) is 0 Å². The van der Waals surface area contributed by atoms with Crippen LogP contribution in [0.2, 0.25) is 0 Å². The second-order valence-electron chi connectivity index (χ2n) is 5.63. The lowest BCUT2D eigenvalue weighted by Gasteiger charge is -2.09. The number of fused-ring (bicyclic) bond motifs is 1. The van der Waals surface area contributed by atoms with Crippen molar-refractivity contribution in [1.29, 1.82) is 0 Å². The van der Waals surface area contributed by atoms with E-state index in [-0.39, 0.29) is 33.6 Å². The summed E-state index contributed by atoms with van der Waals surface area (Å²) >= 11 is 0. The molecule has 144 valence electrons. The van der Waals surface area contributed by atoms with E-state index in [1.165, 1.54) is 18.2 Å². The van der Waals surface area contributed by atoms with Crippen LogP contribution in [-0.4, -0.2) is 28.1 Å². The number of nitrogens with two attached hydrogens (primary N) is 1. The fourth-order valence-corrected chi connectivity index (χ4v) is 2.96. The first-order valence-electron chi connectivity index (χ1n) is 7.48. The third-order valence-corrected chi connectivity index (χ3v) is 4.63. The maximum Gasteiger partial charge on any atom is 0.274 e. The summed E-state index contributed by atoms with van der Waals surface area (Å²) in [5, 5.41) is 39.0. The molecular weight excluding hydrogens is 392 g/mol. The summed E-state index contributed by atoms with van der Waals surface area (Å²) in [7, 11) is -4.67. The maximum absolute atomic E-state index is 11.2. The number of nitrogens with zero attached hydrogens (tertiary/aromatic N) is 3. The fourth-order valence-electron chi connectivity index (χ4n) is 2.45. The number of azo groups is 1. The van der Waals surface area contributed by atoms with E-state index in [0.29, 0.717) is 0 Å². The molecule has 0 amide bonds. The van der Waals surface area contributed by atoms with Crippen molar-refractivity contribution in [2.75, 3.05) is 5.73 Å². The van der Waals surface area contributed by atoms with Gasteiger partial charge in [0.2, 0.25) is 0 Å². The minimum atomic E-state index is -4.67. The molecule has 12 heteroatoms. The van der Waals surface area contributed by atoms with Crippen LogP contribution in [0.25, 0.3) is 10.8 Å². The average Bonchev–Trinajstić information content (AvgIpc) is 2.62. The van der Waals surface area contributed by atoms with Gasteiger partial charge < -0.3 is 20.5 Å². The Labute approximate surface area is 157 Å². The van der Waals surface area contributed by atoms with Crippen LogP contribution < -0.4 is 5.73 Å². The van der Waals surface area contributed by atoms with Crippen LogP contribution in [0.5, 0.6) is 11.5 Å². The van der Waals surface area contributed by atoms with Crippen molar-refractivity contribution in [1.82, 2.24) is 0 Å². The molecule has 0 aliphatic carbocycles. The summed E-state index contributed by atoms with van der Waals surface area (Å²) in [5.41, 5.74) is 4.41. The highest BCUT2D eigenvalue weighted by molar-refractivity contribution is 7.85. The Hall–Kier alpha value is -3.77. The lowest BCUT2D eigenvalue weighted by Crippen LogP contribution is -1.97. The molecule has 0 radical (unpaired) electrons. The van der Waals surface area contributed by atoms with Gasteiger partial charge in [0.1, 0.15) is 27.2 Å². The van der Waals surface area contributed by atoms with Crippen molar-refractivity contribution < 1.29 is 28.1 Å². The molecule has 0 bridgehead atoms. The molecule has 3 aromatic carbocycles. The molecule has 28 heavy (non-hydrogen) atoms. The Kier molecular flexibility index (Phi) is 4.58. The average molecular weight is 403 g/mol. The number of nitrogen functional groups attached to an aromatic ring is 1. The highest BCUT2D eigenvalue weighted by Crippen LogP contribution is 2.40. The lowest BCUT2D eigenvalue weighted by molar-refractivity contribution is -0.384. The number of phenols is 2. The van der Waals surface area contributed by atoms with E-state index in [4.69, 9.17) is 5.73 Å². The predicted molar refractivity (Wildman–Crippen MR) is 96.9 cm³/mol. The molecule has 3 aromatic rings. The van der Waals surface area contributed by atoms with E-state index < -0.39 is 31.4 Å². The molecule has 0 unspecified atom stereocenters. The molecule has 11 nitrogen and oxygen atoms in total. The second kappa shape index (κ2) is 6.75. The zero-order valence-corrected chi connectivity index (χ0v) is 14.6. The first-order valence-corrected chi connectivity index (χ1v) is 8.89. The molecule has 0 saturated carbocycles.